The van der Waals surface area contributed by atoms with Crippen molar-refractivity contribution in [2.75, 3.05) is 23.0 Å². The SMILES string of the molecule is CCc1ccc(N2C(=O)C3CC=C4C(CC5C(=O)N(c6cccc(Cl)c6)C(=O)C5(c5ccccc5)C4c4ccc(OCCO)cc4)C3C2=O)cc1. The van der Waals surface area contributed by atoms with Crippen molar-refractivity contribution in [3.63, 3.8) is 0 Å². The van der Waals surface area contributed by atoms with E-state index in [1.54, 1.807) is 36.4 Å². The van der Waals surface area contributed by atoms with Crippen LogP contribution in [0.5, 0.6) is 5.75 Å². The first kappa shape index (κ1) is 33.1. The molecule has 2 aliphatic carbocycles. The van der Waals surface area contributed by atoms with Crippen LogP contribution in [0.4, 0.5) is 11.4 Å². The van der Waals surface area contributed by atoms with Crippen molar-refractivity contribution in [1.82, 2.24) is 0 Å². The average molecular weight is 701 g/mol. The van der Waals surface area contributed by atoms with E-state index in [0.717, 1.165) is 23.1 Å². The summed E-state index contributed by atoms with van der Waals surface area (Å²) in [5.74, 6) is -3.88. The topological polar surface area (TPSA) is 104 Å². The van der Waals surface area contributed by atoms with Gasteiger partial charge in [0.2, 0.25) is 23.6 Å². The number of allylic oxidation sites excluding steroid dienone is 2. The van der Waals surface area contributed by atoms with Gasteiger partial charge in [0.1, 0.15) is 12.4 Å². The van der Waals surface area contributed by atoms with E-state index < -0.39 is 35.0 Å². The van der Waals surface area contributed by atoms with Crippen LogP contribution in [-0.4, -0.2) is 41.9 Å². The number of carbonyl (C=O) groups excluding carboxylic acids is 4. The molecule has 6 atom stereocenters. The molecule has 2 saturated heterocycles. The van der Waals surface area contributed by atoms with Gasteiger partial charge >= 0.3 is 0 Å². The Kier molecular flexibility index (Phi) is 8.39. The third kappa shape index (κ3) is 5.06. The van der Waals surface area contributed by atoms with Crippen molar-refractivity contribution in [3.8, 4) is 5.75 Å². The first-order chi connectivity index (χ1) is 24.8. The van der Waals surface area contributed by atoms with Crippen LogP contribution in [0.25, 0.3) is 0 Å². The molecule has 6 unspecified atom stereocenters. The van der Waals surface area contributed by atoms with Crippen molar-refractivity contribution >= 4 is 46.6 Å². The van der Waals surface area contributed by atoms with Crippen molar-refractivity contribution in [2.24, 2.45) is 23.7 Å². The van der Waals surface area contributed by atoms with Crippen molar-refractivity contribution in [3.05, 3.63) is 136 Å². The van der Waals surface area contributed by atoms with E-state index in [1.807, 2.05) is 66.7 Å². The summed E-state index contributed by atoms with van der Waals surface area (Å²) >= 11 is 6.41. The lowest BCUT2D eigenvalue weighted by Crippen LogP contribution is -2.53. The Bertz CT molecular complexity index is 2060. The van der Waals surface area contributed by atoms with Crippen molar-refractivity contribution in [2.45, 2.75) is 37.5 Å². The number of carbonyl (C=O) groups is 4. The normalized spacial score (nSPS) is 26.9. The van der Waals surface area contributed by atoms with Gasteiger partial charge in [-0.2, -0.15) is 0 Å². The quantitative estimate of drug-likeness (QED) is 0.163. The lowest BCUT2D eigenvalue weighted by Gasteiger charge is -2.50. The zero-order valence-corrected chi connectivity index (χ0v) is 28.8. The number of hydrogen-bond acceptors (Lipinski definition) is 6. The first-order valence-electron chi connectivity index (χ1n) is 17.5. The summed E-state index contributed by atoms with van der Waals surface area (Å²) in [5, 5.41) is 9.72. The largest absolute Gasteiger partial charge is 0.491 e. The van der Waals surface area contributed by atoms with Gasteiger partial charge in [0, 0.05) is 10.9 Å². The Balaban J connectivity index is 1.31. The predicted octanol–water partition coefficient (Wildman–Crippen LogP) is 6.64. The standard InChI is InChI=1S/C42H37ClN2O6/c1-2-25-11-15-29(16-12-25)44-38(47)33-20-19-32-34(36(33)40(44)49)24-35-39(48)45(30-10-6-9-28(43)23-30)41(50)42(35,27-7-4-3-5-8-27)37(32)26-13-17-31(18-14-26)51-22-21-46/h3-19,23,33-37,46H,2,20-22,24H2,1H3. The van der Waals surface area contributed by atoms with E-state index >= 15 is 4.79 Å². The Hall–Kier alpha value is -5.05. The molecule has 1 saturated carbocycles. The molecule has 0 spiro atoms. The number of nitrogens with zero attached hydrogens (tertiary/aromatic N) is 2. The summed E-state index contributed by atoms with van der Waals surface area (Å²) < 4.78 is 5.68. The van der Waals surface area contributed by atoms with Gasteiger partial charge in [0.15, 0.2) is 0 Å². The number of ether oxygens (including phenoxy) is 1. The van der Waals surface area contributed by atoms with Gasteiger partial charge in [-0.15, -0.1) is 0 Å². The molecule has 4 aromatic rings. The molecule has 8 rings (SSSR count). The first-order valence-corrected chi connectivity index (χ1v) is 17.9. The fourth-order valence-corrected chi connectivity index (χ4v) is 9.36. The molecule has 4 aromatic carbocycles. The molecular weight excluding hydrogens is 664 g/mol. The maximum atomic E-state index is 15.3. The van der Waals surface area contributed by atoms with Gasteiger partial charge in [0.05, 0.1) is 41.2 Å². The molecule has 4 amide bonds. The number of anilines is 2. The summed E-state index contributed by atoms with van der Waals surface area (Å²) in [7, 11) is 0. The molecule has 2 heterocycles. The lowest BCUT2D eigenvalue weighted by molar-refractivity contribution is -0.127. The van der Waals surface area contributed by atoms with Crippen LogP contribution in [0.1, 0.15) is 42.4 Å². The predicted molar refractivity (Wildman–Crippen MR) is 193 cm³/mol. The van der Waals surface area contributed by atoms with E-state index in [0.29, 0.717) is 34.1 Å². The van der Waals surface area contributed by atoms with Crippen LogP contribution < -0.4 is 14.5 Å². The van der Waals surface area contributed by atoms with Crippen LogP contribution in [0.3, 0.4) is 0 Å². The van der Waals surface area contributed by atoms with Gasteiger partial charge in [-0.1, -0.05) is 90.8 Å². The summed E-state index contributed by atoms with van der Waals surface area (Å²) in [4.78, 5) is 61.4. The number of aryl methyl sites for hydroxylation is 1. The lowest BCUT2D eigenvalue weighted by atomic mass is 9.49. The van der Waals surface area contributed by atoms with Crippen LogP contribution in [-0.2, 0) is 31.0 Å². The number of aliphatic hydroxyl groups is 1. The molecule has 258 valence electrons. The van der Waals surface area contributed by atoms with E-state index in [1.165, 1.54) is 9.80 Å². The van der Waals surface area contributed by atoms with Gasteiger partial charge in [-0.3, -0.25) is 24.1 Å². The molecule has 0 aromatic heterocycles. The number of amides is 4. The molecule has 1 N–H and O–H groups in total. The molecule has 51 heavy (non-hydrogen) atoms. The molecule has 0 radical (unpaired) electrons. The molecule has 0 bridgehead atoms. The minimum Gasteiger partial charge on any atom is -0.491 e. The highest BCUT2D eigenvalue weighted by atomic mass is 35.5. The monoisotopic (exact) mass is 700 g/mol. The zero-order valence-electron chi connectivity index (χ0n) is 28.1. The fraction of sp³-hybridized carbons (Fsp3) is 0.286. The fourth-order valence-electron chi connectivity index (χ4n) is 9.17. The Morgan fingerprint density at radius 1 is 0.804 bits per heavy atom. The van der Waals surface area contributed by atoms with E-state index in [2.05, 4.69) is 13.0 Å². The highest BCUT2D eigenvalue weighted by molar-refractivity contribution is 6.32. The van der Waals surface area contributed by atoms with Crippen molar-refractivity contribution < 1.29 is 29.0 Å². The maximum Gasteiger partial charge on any atom is 0.246 e. The number of rotatable bonds is 8. The maximum absolute atomic E-state index is 15.3. The third-order valence-corrected chi connectivity index (χ3v) is 11.6. The van der Waals surface area contributed by atoms with Crippen LogP contribution in [0.15, 0.2) is 115 Å². The highest BCUT2D eigenvalue weighted by Gasteiger charge is 2.70. The molecule has 2 aliphatic heterocycles. The van der Waals surface area contributed by atoms with Gasteiger partial charge in [-0.25, -0.2) is 4.90 Å². The van der Waals surface area contributed by atoms with Crippen LogP contribution >= 0.6 is 11.6 Å². The van der Waals surface area contributed by atoms with Gasteiger partial charge < -0.3 is 9.84 Å². The van der Waals surface area contributed by atoms with Crippen molar-refractivity contribution in [1.29, 1.82) is 0 Å². The minimum absolute atomic E-state index is 0.129. The molecular formula is C42H37ClN2O6. The molecule has 8 nitrogen and oxygen atoms in total. The number of benzene rings is 4. The number of fused-ring (bicyclic) bond motifs is 4. The number of imide groups is 2. The Morgan fingerprint density at radius 3 is 2.24 bits per heavy atom. The summed E-state index contributed by atoms with van der Waals surface area (Å²) in [5.41, 5.74) is 3.06. The summed E-state index contributed by atoms with van der Waals surface area (Å²) in [6.07, 6.45) is 3.46. The number of aliphatic hydroxyl groups excluding tert-OH is 1. The molecule has 9 heteroatoms. The van der Waals surface area contributed by atoms with Crippen LogP contribution in [0.2, 0.25) is 5.02 Å². The molecule has 3 fully saturated rings. The van der Waals surface area contributed by atoms with E-state index in [-0.39, 0.29) is 43.3 Å². The van der Waals surface area contributed by atoms with E-state index in [4.69, 9.17) is 16.3 Å². The smallest absolute Gasteiger partial charge is 0.246 e. The second kappa shape index (κ2) is 12.9. The number of halogens is 1. The number of hydrogen-bond donors (Lipinski definition) is 1. The van der Waals surface area contributed by atoms with Gasteiger partial charge in [0.25, 0.3) is 0 Å². The average Bonchev–Trinajstić information content (AvgIpc) is 3.55. The van der Waals surface area contributed by atoms with Gasteiger partial charge in [-0.05, 0) is 84.3 Å². The zero-order chi connectivity index (χ0) is 35.4. The Morgan fingerprint density at radius 2 is 1.55 bits per heavy atom. The molecule has 4 aliphatic rings. The summed E-state index contributed by atoms with van der Waals surface area (Å²) in [6, 6.07) is 31.1. The Labute approximate surface area is 301 Å². The third-order valence-electron chi connectivity index (χ3n) is 11.3. The van der Waals surface area contributed by atoms with Crippen LogP contribution in [0, 0.1) is 23.7 Å². The minimum atomic E-state index is -1.36. The second-order valence-electron chi connectivity index (χ2n) is 13.8. The second-order valence-corrected chi connectivity index (χ2v) is 14.2. The van der Waals surface area contributed by atoms with E-state index in [9.17, 15) is 19.5 Å². The summed E-state index contributed by atoms with van der Waals surface area (Å²) in [6.45, 7) is 2.05. The highest BCUT2D eigenvalue weighted by Crippen LogP contribution is 2.64.